The highest BCUT2D eigenvalue weighted by Crippen LogP contribution is 2.27. The molecule has 13 heavy (non-hydrogen) atoms. The third-order valence-electron chi connectivity index (χ3n) is 1.56. The van der Waals surface area contributed by atoms with Crippen LogP contribution in [0, 0.1) is 6.92 Å². The van der Waals surface area contributed by atoms with Crippen molar-refractivity contribution in [2.75, 3.05) is 0 Å². The van der Waals surface area contributed by atoms with E-state index in [0.717, 1.165) is 0 Å². The molecule has 0 unspecified atom stereocenters. The highest BCUT2D eigenvalue weighted by atomic mass is 35.7. The maximum atomic E-state index is 11.0. The minimum atomic E-state index is -3.80. The van der Waals surface area contributed by atoms with E-state index in [1.807, 2.05) is 6.92 Å². The van der Waals surface area contributed by atoms with Gasteiger partial charge in [0, 0.05) is 17.2 Å². The summed E-state index contributed by atoms with van der Waals surface area (Å²) >= 11 is 5.75. The fraction of sp³-hybridized carbons (Fsp3) is 0.500. The van der Waals surface area contributed by atoms with E-state index in [2.05, 4.69) is 5.10 Å². The van der Waals surface area contributed by atoms with Crippen molar-refractivity contribution in [3.05, 3.63) is 10.8 Å². The molecule has 4 nitrogen and oxygen atoms in total. The van der Waals surface area contributed by atoms with Crippen LogP contribution < -0.4 is 0 Å². The number of hydrogen-bond acceptors (Lipinski definition) is 3. The van der Waals surface area contributed by atoms with Crippen molar-refractivity contribution < 1.29 is 8.42 Å². The molecule has 74 valence electrons. The lowest BCUT2D eigenvalue weighted by molar-refractivity contribution is 0.608. The first kappa shape index (κ1) is 10.8. The van der Waals surface area contributed by atoms with Crippen LogP contribution in [0.1, 0.15) is 12.6 Å². The van der Waals surface area contributed by atoms with E-state index >= 15 is 0 Å². The summed E-state index contributed by atoms with van der Waals surface area (Å²) in [4.78, 5) is -0.0994. The monoisotopic (exact) mass is 242 g/mol. The maximum Gasteiger partial charge on any atom is 0.266 e. The lowest BCUT2D eigenvalue weighted by Crippen LogP contribution is -1.96. The van der Waals surface area contributed by atoms with Crippen LogP contribution in [0.2, 0.25) is 5.15 Å². The van der Waals surface area contributed by atoms with Gasteiger partial charge in [-0.15, -0.1) is 0 Å². The van der Waals surface area contributed by atoms with Crippen LogP contribution in [-0.2, 0) is 15.6 Å². The largest absolute Gasteiger partial charge is 0.266 e. The third-order valence-corrected chi connectivity index (χ3v) is 3.49. The Kier molecular flexibility index (Phi) is 2.89. The van der Waals surface area contributed by atoms with E-state index in [1.165, 1.54) is 4.68 Å². The number of hydrogen-bond donors (Lipinski definition) is 0. The van der Waals surface area contributed by atoms with Gasteiger partial charge >= 0.3 is 0 Å². The second-order valence-electron chi connectivity index (χ2n) is 2.46. The Morgan fingerprint density at radius 1 is 1.54 bits per heavy atom. The molecule has 0 saturated carbocycles. The maximum absolute atomic E-state index is 11.0. The zero-order valence-corrected chi connectivity index (χ0v) is 9.41. The van der Waals surface area contributed by atoms with Crippen LogP contribution in [0.15, 0.2) is 4.90 Å². The average Bonchev–Trinajstić information content (AvgIpc) is 2.24. The molecule has 7 heteroatoms. The summed E-state index contributed by atoms with van der Waals surface area (Å²) in [6.45, 7) is 3.86. The van der Waals surface area contributed by atoms with Gasteiger partial charge in [0.2, 0.25) is 0 Å². The first-order chi connectivity index (χ1) is 5.88. The van der Waals surface area contributed by atoms with Gasteiger partial charge in [-0.25, -0.2) is 8.42 Å². The normalized spacial score (nSPS) is 12.0. The molecular formula is C6H8Cl2N2O2S. The van der Waals surface area contributed by atoms with Crippen molar-refractivity contribution in [2.24, 2.45) is 0 Å². The van der Waals surface area contributed by atoms with E-state index in [4.69, 9.17) is 22.3 Å². The third kappa shape index (κ3) is 1.98. The Morgan fingerprint density at radius 2 is 2.08 bits per heavy atom. The van der Waals surface area contributed by atoms with E-state index < -0.39 is 9.05 Å². The Hall–Kier alpha value is -0.260. The summed E-state index contributed by atoms with van der Waals surface area (Å²) in [5, 5.41) is 3.98. The van der Waals surface area contributed by atoms with E-state index in [1.54, 1.807) is 6.92 Å². The molecule has 0 atom stereocenters. The van der Waals surface area contributed by atoms with Gasteiger partial charge in [0.15, 0.2) is 0 Å². The van der Waals surface area contributed by atoms with Gasteiger partial charge in [0.1, 0.15) is 10.0 Å². The fourth-order valence-corrected chi connectivity index (χ4v) is 3.00. The van der Waals surface area contributed by atoms with Crippen LogP contribution >= 0.6 is 22.3 Å². The molecule has 1 rings (SSSR count). The molecule has 1 aromatic heterocycles. The number of aromatic nitrogens is 2. The quantitative estimate of drug-likeness (QED) is 0.744. The fourth-order valence-electron chi connectivity index (χ4n) is 1.02. The Balaban J connectivity index is 3.47. The van der Waals surface area contributed by atoms with Crippen molar-refractivity contribution in [1.29, 1.82) is 0 Å². The van der Waals surface area contributed by atoms with Gasteiger partial charge in [-0.05, 0) is 13.8 Å². The van der Waals surface area contributed by atoms with Gasteiger partial charge in [-0.1, -0.05) is 11.6 Å². The number of aryl methyl sites for hydroxylation is 2. The topological polar surface area (TPSA) is 52.0 Å². The number of halogens is 2. The van der Waals surface area contributed by atoms with E-state index in [9.17, 15) is 8.42 Å². The van der Waals surface area contributed by atoms with Crippen LogP contribution in [-0.4, -0.2) is 18.2 Å². The molecule has 0 saturated heterocycles. The molecule has 0 amide bonds. The van der Waals surface area contributed by atoms with E-state index in [-0.39, 0.29) is 10.0 Å². The Bertz CT molecular complexity index is 424. The van der Waals surface area contributed by atoms with Gasteiger partial charge in [0.25, 0.3) is 9.05 Å². The molecule has 1 aromatic rings. The molecule has 0 bridgehead atoms. The number of nitrogens with zero attached hydrogens (tertiary/aromatic N) is 2. The van der Waals surface area contributed by atoms with Gasteiger partial charge in [-0.3, -0.25) is 4.68 Å². The van der Waals surface area contributed by atoms with Crippen LogP contribution in [0.3, 0.4) is 0 Å². The van der Waals surface area contributed by atoms with Gasteiger partial charge in [0.05, 0.1) is 5.69 Å². The number of rotatable bonds is 2. The zero-order chi connectivity index (χ0) is 10.2. The molecule has 0 aliphatic heterocycles. The lowest BCUT2D eigenvalue weighted by Gasteiger charge is -1.96. The standard InChI is InChI=1S/C6H8Cl2N2O2S/c1-3-10-6(7)5(4(2)9-10)13(8,11)12/h3H2,1-2H3. The smallest absolute Gasteiger partial charge is 0.253 e. The minimum absolute atomic E-state index is 0.0648. The van der Waals surface area contributed by atoms with Gasteiger partial charge < -0.3 is 0 Å². The molecule has 0 aromatic carbocycles. The lowest BCUT2D eigenvalue weighted by atomic mass is 10.5. The van der Waals surface area contributed by atoms with Crippen molar-refractivity contribution in [3.8, 4) is 0 Å². The first-order valence-corrected chi connectivity index (χ1v) is 6.24. The highest BCUT2D eigenvalue weighted by molar-refractivity contribution is 8.13. The second-order valence-corrected chi connectivity index (χ2v) is 5.32. The van der Waals surface area contributed by atoms with Crippen molar-refractivity contribution >= 4 is 31.3 Å². The molecule has 1 heterocycles. The summed E-state index contributed by atoms with van der Waals surface area (Å²) in [6, 6.07) is 0. The van der Waals surface area contributed by atoms with E-state index in [0.29, 0.717) is 12.2 Å². The molecular weight excluding hydrogens is 235 g/mol. The van der Waals surface area contributed by atoms with Crippen LogP contribution in [0.4, 0.5) is 0 Å². The summed E-state index contributed by atoms with van der Waals surface area (Å²) in [6.07, 6.45) is 0. The predicted molar refractivity (Wildman–Crippen MR) is 50.7 cm³/mol. The molecule has 0 fully saturated rings. The molecule has 0 aliphatic carbocycles. The molecule has 0 aliphatic rings. The molecule has 0 radical (unpaired) electrons. The summed E-state index contributed by atoms with van der Waals surface area (Å²) in [5.41, 5.74) is 0.321. The zero-order valence-electron chi connectivity index (χ0n) is 7.08. The Morgan fingerprint density at radius 3 is 2.31 bits per heavy atom. The van der Waals surface area contributed by atoms with Crippen molar-refractivity contribution in [2.45, 2.75) is 25.3 Å². The van der Waals surface area contributed by atoms with Crippen LogP contribution in [0.25, 0.3) is 0 Å². The SMILES string of the molecule is CCn1nc(C)c(S(=O)(=O)Cl)c1Cl. The van der Waals surface area contributed by atoms with Crippen molar-refractivity contribution in [3.63, 3.8) is 0 Å². The molecule has 0 N–H and O–H groups in total. The second kappa shape index (κ2) is 3.48. The Labute approximate surface area is 85.9 Å². The average molecular weight is 243 g/mol. The van der Waals surface area contributed by atoms with Crippen molar-refractivity contribution in [1.82, 2.24) is 9.78 Å². The molecule has 0 spiro atoms. The van der Waals surface area contributed by atoms with Crippen LogP contribution in [0.5, 0.6) is 0 Å². The summed E-state index contributed by atoms with van der Waals surface area (Å²) in [7, 11) is 1.38. The minimum Gasteiger partial charge on any atom is -0.253 e. The summed E-state index contributed by atoms with van der Waals surface area (Å²) < 4.78 is 23.4. The highest BCUT2D eigenvalue weighted by Gasteiger charge is 2.23. The van der Waals surface area contributed by atoms with Gasteiger partial charge in [-0.2, -0.15) is 5.10 Å². The summed E-state index contributed by atoms with van der Waals surface area (Å²) in [5.74, 6) is 0. The first-order valence-electron chi connectivity index (χ1n) is 3.55. The predicted octanol–water partition coefficient (Wildman–Crippen LogP) is 1.79.